The molecule has 1 N–H and O–H groups in total. The van der Waals surface area contributed by atoms with Gasteiger partial charge in [0, 0.05) is 11.1 Å². The van der Waals surface area contributed by atoms with Gasteiger partial charge in [-0.05, 0) is 53.9 Å². The number of methoxy groups -OCH3 is 1. The zero-order chi connectivity index (χ0) is 14.9. The lowest BCUT2D eigenvalue weighted by Crippen LogP contribution is -2.63. The zero-order valence-corrected chi connectivity index (χ0v) is 12.9. The highest BCUT2D eigenvalue weighted by Gasteiger charge is 2.48. The number of hydrogen-bond donors (Lipinski definition) is 1. The van der Waals surface area contributed by atoms with E-state index >= 15 is 0 Å². The van der Waals surface area contributed by atoms with Gasteiger partial charge < -0.3 is 9.84 Å². The summed E-state index contributed by atoms with van der Waals surface area (Å²) in [4.78, 5) is 17.7. The van der Waals surface area contributed by atoms with E-state index in [9.17, 15) is 9.90 Å². The number of carbonyl (C=O) groups excluding carboxylic acids is 1. The molecule has 5 heteroatoms. The van der Waals surface area contributed by atoms with E-state index in [1.165, 1.54) is 7.11 Å². The van der Waals surface area contributed by atoms with E-state index in [4.69, 9.17) is 9.57 Å². The summed E-state index contributed by atoms with van der Waals surface area (Å²) in [7, 11) is 1.30. The first-order chi connectivity index (χ1) is 8.59. The summed E-state index contributed by atoms with van der Waals surface area (Å²) in [5.74, 6) is -0.563. The van der Waals surface area contributed by atoms with Crippen LogP contribution in [0.2, 0.25) is 0 Å². The molecule has 0 spiro atoms. The summed E-state index contributed by atoms with van der Waals surface area (Å²) in [6.07, 6.45) is 3.09. The largest absolute Gasteiger partial charge is 0.467 e. The number of hydroxylamine groups is 2. The van der Waals surface area contributed by atoms with Crippen LogP contribution < -0.4 is 0 Å². The lowest BCUT2D eigenvalue weighted by molar-refractivity contribution is -0.332. The number of rotatable bonds is 4. The third kappa shape index (κ3) is 3.27. The Morgan fingerprint density at radius 2 is 1.74 bits per heavy atom. The Morgan fingerprint density at radius 3 is 2.11 bits per heavy atom. The van der Waals surface area contributed by atoms with Crippen molar-refractivity contribution in [3.8, 4) is 0 Å². The molecule has 19 heavy (non-hydrogen) atoms. The van der Waals surface area contributed by atoms with Crippen molar-refractivity contribution in [3.05, 3.63) is 0 Å². The fourth-order valence-corrected chi connectivity index (χ4v) is 2.77. The molecule has 1 atom stereocenters. The van der Waals surface area contributed by atoms with Gasteiger partial charge in [-0.1, -0.05) is 0 Å². The minimum Gasteiger partial charge on any atom is -0.467 e. The first-order valence-corrected chi connectivity index (χ1v) is 6.78. The minimum atomic E-state index is -1.36. The SMILES string of the molecule is COC(=O)C(C)(CO)ON1C(C)(C)CCCC1(C)C. The van der Waals surface area contributed by atoms with E-state index < -0.39 is 18.2 Å². The molecule has 5 nitrogen and oxygen atoms in total. The second kappa shape index (κ2) is 5.38. The van der Waals surface area contributed by atoms with Gasteiger partial charge in [-0.15, -0.1) is 0 Å². The molecule has 0 bridgehead atoms. The van der Waals surface area contributed by atoms with Gasteiger partial charge in [0.1, 0.15) is 0 Å². The molecule has 1 unspecified atom stereocenters. The van der Waals surface area contributed by atoms with Gasteiger partial charge >= 0.3 is 5.97 Å². The number of aliphatic hydroxyl groups excluding tert-OH is 1. The highest BCUT2D eigenvalue weighted by atomic mass is 16.7. The van der Waals surface area contributed by atoms with Gasteiger partial charge in [0.05, 0.1) is 13.7 Å². The first-order valence-electron chi connectivity index (χ1n) is 6.78. The van der Waals surface area contributed by atoms with Gasteiger partial charge in [0.2, 0.25) is 5.60 Å². The van der Waals surface area contributed by atoms with Crippen LogP contribution in [0.5, 0.6) is 0 Å². The lowest BCUT2D eigenvalue weighted by atomic mass is 9.82. The predicted molar refractivity (Wildman–Crippen MR) is 72.4 cm³/mol. The summed E-state index contributed by atoms with van der Waals surface area (Å²) in [5, 5.41) is 11.4. The van der Waals surface area contributed by atoms with Gasteiger partial charge in [-0.3, -0.25) is 4.84 Å². The van der Waals surface area contributed by atoms with E-state index in [-0.39, 0.29) is 11.1 Å². The average Bonchev–Trinajstić information content (AvgIpc) is 2.32. The van der Waals surface area contributed by atoms with Gasteiger partial charge in [0.25, 0.3) is 0 Å². The van der Waals surface area contributed by atoms with E-state index in [0.29, 0.717) is 0 Å². The highest BCUT2D eigenvalue weighted by Crippen LogP contribution is 2.40. The number of hydrogen-bond acceptors (Lipinski definition) is 5. The predicted octanol–water partition coefficient (Wildman–Crippen LogP) is 1.89. The molecule has 1 saturated heterocycles. The van der Waals surface area contributed by atoms with Gasteiger partial charge in [-0.25, -0.2) is 4.79 Å². The third-order valence-corrected chi connectivity index (χ3v) is 3.89. The first kappa shape index (κ1) is 16.4. The van der Waals surface area contributed by atoms with Crippen LogP contribution in [0, 0.1) is 0 Å². The van der Waals surface area contributed by atoms with Crippen LogP contribution in [0.1, 0.15) is 53.9 Å². The Morgan fingerprint density at radius 1 is 1.26 bits per heavy atom. The molecular weight excluding hydrogens is 246 g/mol. The number of piperidine rings is 1. The smallest absolute Gasteiger partial charge is 0.342 e. The standard InChI is InChI=1S/C14H27NO4/c1-12(2)8-7-9-13(3,4)15(12)19-14(5,10-16)11(17)18-6/h16H,7-10H2,1-6H3. The van der Waals surface area contributed by atoms with Crippen LogP contribution in [0.25, 0.3) is 0 Å². The van der Waals surface area contributed by atoms with Crippen LogP contribution >= 0.6 is 0 Å². The molecule has 1 aliphatic rings. The van der Waals surface area contributed by atoms with Crippen LogP contribution in [-0.4, -0.2) is 46.5 Å². The van der Waals surface area contributed by atoms with Crippen molar-refractivity contribution in [1.29, 1.82) is 0 Å². The summed E-state index contributed by atoms with van der Waals surface area (Å²) >= 11 is 0. The third-order valence-electron chi connectivity index (χ3n) is 3.89. The maximum atomic E-state index is 11.8. The number of esters is 1. The molecule has 1 fully saturated rings. The molecular formula is C14H27NO4. The maximum absolute atomic E-state index is 11.8. The molecule has 0 aliphatic carbocycles. The summed E-state index contributed by atoms with van der Waals surface area (Å²) in [6, 6.07) is 0. The Labute approximate surface area is 115 Å². The van der Waals surface area contributed by atoms with E-state index in [1.807, 2.05) is 5.06 Å². The van der Waals surface area contributed by atoms with Crippen LogP contribution in [0.15, 0.2) is 0 Å². The number of nitrogens with zero attached hydrogens (tertiary/aromatic N) is 1. The summed E-state index contributed by atoms with van der Waals surface area (Å²) in [6.45, 7) is 9.49. The fourth-order valence-electron chi connectivity index (χ4n) is 2.77. The number of ether oxygens (including phenoxy) is 1. The van der Waals surface area contributed by atoms with E-state index in [2.05, 4.69) is 27.7 Å². The molecule has 1 heterocycles. The summed E-state index contributed by atoms with van der Waals surface area (Å²) in [5.41, 5.74) is -1.74. The molecule has 0 radical (unpaired) electrons. The van der Waals surface area contributed by atoms with Crippen molar-refractivity contribution in [2.45, 2.75) is 70.6 Å². The fraction of sp³-hybridized carbons (Fsp3) is 0.929. The minimum absolute atomic E-state index is 0.188. The molecule has 0 aromatic carbocycles. The maximum Gasteiger partial charge on any atom is 0.342 e. The monoisotopic (exact) mass is 273 g/mol. The van der Waals surface area contributed by atoms with Gasteiger partial charge in [0.15, 0.2) is 0 Å². The number of carbonyl (C=O) groups is 1. The normalized spacial score (nSPS) is 25.6. The topological polar surface area (TPSA) is 59.0 Å². The molecule has 0 aromatic heterocycles. The van der Waals surface area contributed by atoms with Crippen LogP contribution in [-0.2, 0) is 14.4 Å². The second-order valence-electron chi connectivity index (χ2n) is 6.74. The Balaban J connectivity index is 3.01. The van der Waals surface area contributed by atoms with Crippen LogP contribution in [0.3, 0.4) is 0 Å². The van der Waals surface area contributed by atoms with Crippen molar-refractivity contribution < 1.29 is 19.5 Å². The van der Waals surface area contributed by atoms with Crippen molar-refractivity contribution in [3.63, 3.8) is 0 Å². The molecule has 0 saturated carbocycles. The van der Waals surface area contributed by atoms with Gasteiger partial charge in [-0.2, -0.15) is 5.06 Å². The quantitative estimate of drug-likeness (QED) is 0.793. The Hall–Kier alpha value is -0.650. The van der Waals surface area contributed by atoms with Crippen molar-refractivity contribution in [1.82, 2.24) is 5.06 Å². The lowest BCUT2D eigenvalue weighted by Gasteiger charge is -2.53. The van der Waals surface area contributed by atoms with Crippen LogP contribution in [0.4, 0.5) is 0 Å². The van der Waals surface area contributed by atoms with Crippen molar-refractivity contribution in [2.24, 2.45) is 0 Å². The Bertz CT molecular complexity index is 324. The molecule has 0 amide bonds. The van der Waals surface area contributed by atoms with E-state index in [0.717, 1.165) is 19.3 Å². The Kier molecular flexibility index (Phi) is 4.65. The zero-order valence-electron chi connectivity index (χ0n) is 12.9. The highest BCUT2D eigenvalue weighted by molar-refractivity contribution is 5.79. The second-order valence-corrected chi connectivity index (χ2v) is 6.74. The molecule has 1 aliphatic heterocycles. The molecule has 1 rings (SSSR count). The van der Waals surface area contributed by atoms with Crippen molar-refractivity contribution in [2.75, 3.05) is 13.7 Å². The van der Waals surface area contributed by atoms with E-state index in [1.54, 1.807) is 6.92 Å². The summed E-state index contributed by atoms with van der Waals surface area (Å²) < 4.78 is 4.73. The molecule has 0 aromatic rings. The number of aliphatic hydroxyl groups is 1. The molecule has 112 valence electrons. The average molecular weight is 273 g/mol. The van der Waals surface area contributed by atoms with Crippen molar-refractivity contribution >= 4 is 5.97 Å².